The molecule has 2 aliphatic heterocycles. The van der Waals surface area contributed by atoms with Crippen molar-refractivity contribution in [3.63, 3.8) is 0 Å². The lowest BCUT2D eigenvalue weighted by Gasteiger charge is -2.35. The number of anilines is 1. The van der Waals surface area contributed by atoms with E-state index in [1.54, 1.807) is 0 Å². The van der Waals surface area contributed by atoms with Gasteiger partial charge in [0.1, 0.15) is 11.5 Å². The van der Waals surface area contributed by atoms with E-state index in [1.165, 1.54) is 19.3 Å². The van der Waals surface area contributed by atoms with E-state index in [1.807, 2.05) is 23.1 Å². The molecule has 2 saturated heterocycles. The fraction of sp³-hybridized carbons (Fsp3) is 0.667. The molecule has 1 amide bonds. The van der Waals surface area contributed by atoms with Gasteiger partial charge in [0.2, 0.25) is 0 Å². The zero-order valence-electron chi connectivity index (χ0n) is 13.8. The van der Waals surface area contributed by atoms with Crippen molar-refractivity contribution in [2.75, 3.05) is 31.1 Å². The van der Waals surface area contributed by atoms with Gasteiger partial charge in [-0.3, -0.25) is 4.79 Å². The number of carbonyl (C=O) groups excluding carboxylic acids is 1. The van der Waals surface area contributed by atoms with E-state index < -0.39 is 0 Å². The number of hydrogen-bond donors (Lipinski definition) is 1. The van der Waals surface area contributed by atoms with Gasteiger partial charge in [0.15, 0.2) is 0 Å². The molecular weight excluding hydrogens is 290 g/mol. The van der Waals surface area contributed by atoms with Crippen LogP contribution in [0.25, 0.3) is 0 Å². The molecule has 3 heterocycles. The first-order valence-electron chi connectivity index (χ1n) is 8.93. The molecule has 2 aliphatic rings. The first-order chi connectivity index (χ1) is 11.3. The van der Waals surface area contributed by atoms with Gasteiger partial charge in [-0.1, -0.05) is 6.07 Å². The van der Waals surface area contributed by atoms with Crippen LogP contribution in [0.1, 0.15) is 55.4 Å². The highest BCUT2D eigenvalue weighted by Crippen LogP contribution is 2.23. The summed E-state index contributed by atoms with van der Waals surface area (Å²) in [6.45, 7) is 2.97. The number of carbonyl (C=O) groups is 1. The quantitative estimate of drug-likeness (QED) is 0.927. The highest BCUT2D eigenvalue weighted by atomic mass is 16.3. The molecule has 0 saturated carbocycles. The lowest BCUT2D eigenvalue weighted by Crippen LogP contribution is -2.44. The van der Waals surface area contributed by atoms with Crippen LogP contribution in [0.3, 0.4) is 0 Å². The normalized spacial score (nSPS) is 22.2. The Labute approximate surface area is 138 Å². The van der Waals surface area contributed by atoms with Crippen molar-refractivity contribution < 1.29 is 9.90 Å². The number of likely N-dealkylation sites (tertiary alicyclic amines) is 1. The molecular formula is C18H27N3O2. The Morgan fingerprint density at radius 1 is 1.13 bits per heavy atom. The molecule has 0 spiro atoms. The third kappa shape index (κ3) is 3.83. The van der Waals surface area contributed by atoms with Crippen LogP contribution in [0.15, 0.2) is 18.2 Å². The van der Waals surface area contributed by atoms with E-state index in [0.717, 1.165) is 44.7 Å². The molecule has 1 N–H and O–H groups in total. The molecule has 5 heteroatoms. The minimum atomic E-state index is 0.0157. The van der Waals surface area contributed by atoms with Crippen molar-refractivity contribution in [1.82, 2.24) is 9.88 Å². The molecule has 1 aromatic rings. The number of piperidine rings is 2. The van der Waals surface area contributed by atoms with Crippen molar-refractivity contribution in [1.29, 1.82) is 0 Å². The Morgan fingerprint density at radius 3 is 2.70 bits per heavy atom. The van der Waals surface area contributed by atoms with Gasteiger partial charge < -0.3 is 14.9 Å². The standard InChI is InChI=1S/C18H27N3O2/c22-14-10-15-7-2-5-13-21(15)18(23)16-8-6-9-17(19-16)20-11-3-1-4-12-20/h6,8-9,15,22H,1-5,7,10-14H2. The van der Waals surface area contributed by atoms with Crippen LogP contribution in [0.2, 0.25) is 0 Å². The minimum Gasteiger partial charge on any atom is -0.396 e. The summed E-state index contributed by atoms with van der Waals surface area (Å²) < 4.78 is 0. The zero-order valence-corrected chi connectivity index (χ0v) is 13.8. The highest BCUT2D eigenvalue weighted by molar-refractivity contribution is 5.93. The van der Waals surface area contributed by atoms with Crippen LogP contribution in [-0.2, 0) is 0 Å². The van der Waals surface area contributed by atoms with Crippen LogP contribution in [0, 0.1) is 0 Å². The first-order valence-corrected chi connectivity index (χ1v) is 8.93. The van der Waals surface area contributed by atoms with Crippen LogP contribution in [0.4, 0.5) is 5.82 Å². The van der Waals surface area contributed by atoms with Gasteiger partial charge in [-0.15, -0.1) is 0 Å². The number of nitrogens with zero attached hydrogens (tertiary/aromatic N) is 3. The van der Waals surface area contributed by atoms with E-state index in [4.69, 9.17) is 0 Å². The topological polar surface area (TPSA) is 56.7 Å². The van der Waals surface area contributed by atoms with E-state index in [9.17, 15) is 9.90 Å². The Balaban J connectivity index is 1.75. The smallest absolute Gasteiger partial charge is 0.272 e. The van der Waals surface area contributed by atoms with Crippen molar-refractivity contribution in [2.24, 2.45) is 0 Å². The van der Waals surface area contributed by atoms with E-state index >= 15 is 0 Å². The fourth-order valence-corrected chi connectivity index (χ4v) is 3.71. The molecule has 0 aromatic carbocycles. The number of aliphatic hydroxyl groups excluding tert-OH is 1. The SMILES string of the molecule is O=C(c1cccc(N2CCCCC2)n1)N1CCCCC1CCO. The second kappa shape index (κ2) is 7.77. The Kier molecular flexibility index (Phi) is 5.49. The number of amides is 1. The monoisotopic (exact) mass is 317 g/mol. The van der Waals surface area contributed by atoms with Gasteiger partial charge in [0.05, 0.1) is 0 Å². The van der Waals surface area contributed by atoms with Crippen LogP contribution in [-0.4, -0.2) is 53.2 Å². The Morgan fingerprint density at radius 2 is 1.91 bits per heavy atom. The molecule has 1 atom stereocenters. The summed E-state index contributed by atoms with van der Waals surface area (Å²) in [5.74, 6) is 0.938. The minimum absolute atomic E-state index is 0.0157. The molecule has 2 fully saturated rings. The molecule has 1 unspecified atom stereocenters. The maximum absolute atomic E-state index is 12.9. The van der Waals surface area contributed by atoms with Crippen molar-refractivity contribution in [3.8, 4) is 0 Å². The number of aliphatic hydroxyl groups is 1. The molecule has 1 aromatic heterocycles. The van der Waals surface area contributed by atoms with Gasteiger partial charge in [-0.2, -0.15) is 0 Å². The van der Waals surface area contributed by atoms with Crippen LogP contribution < -0.4 is 4.90 Å². The van der Waals surface area contributed by atoms with Crippen molar-refractivity contribution in [2.45, 2.75) is 51.0 Å². The molecule has 5 nitrogen and oxygen atoms in total. The first kappa shape index (κ1) is 16.2. The van der Waals surface area contributed by atoms with Crippen molar-refractivity contribution >= 4 is 11.7 Å². The predicted molar refractivity (Wildman–Crippen MR) is 90.7 cm³/mol. The van der Waals surface area contributed by atoms with Crippen LogP contribution in [0.5, 0.6) is 0 Å². The molecule has 126 valence electrons. The van der Waals surface area contributed by atoms with Crippen LogP contribution >= 0.6 is 0 Å². The molecule has 0 bridgehead atoms. The number of pyridine rings is 1. The molecule has 23 heavy (non-hydrogen) atoms. The average molecular weight is 317 g/mol. The summed E-state index contributed by atoms with van der Waals surface area (Å²) in [6.07, 6.45) is 7.51. The average Bonchev–Trinajstić information content (AvgIpc) is 2.63. The molecule has 0 radical (unpaired) electrons. The van der Waals surface area contributed by atoms with Gasteiger partial charge in [-0.25, -0.2) is 4.98 Å². The van der Waals surface area contributed by atoms with E-state index in [0.29, 0.717) is 12.1 Å². The summed E-state index contributed by atoms with van der Waals surface area (Å²) in [7, 11) is 0. The molecule has 3 rings (SSSR count). The predicted octanol–water partition coefficient (Wildman–Crippen LogP) is 2.45. The summed E-state index contributed by atoms with van der Waals surface area (Å²) in [4.78, 5) is 21.7. The number of hydrogen-bond acceptors (Lipinski definition) is 4. The van der Waals surface area contributed by atoms with Gasteiger partial charge in [0.25, 0.3) is 5.91 Å². The number of rotatable bonds is 4. The summed E-state index contributed by atoms with van der Waals surface area (Å²) in [5, 5.41) is 9.24. The summed E-state index contributed by atoms with van der Waals surface area (Å²) >= 11 is 0. The van der Waals surface area contributed by atoms with Gasteiger partial charge >= 0.3 is 0 Å². The molecule has 0 aliphatic carbocycles. The Hall–Kier alpha value is -1.62. The fourth-order valence-electron chi connectivity index (χ4n) is 3.71. The maximum atomic E-state index is 12.9. The summed E-state index contributed by atoms with van der Waals surface area (Å²) in [5.41, 5.74) is 0.540. The van der Waals surface area contributed by atoms with E-state index in [-0.39, 0.29) is 18.6 Å². The highest BCUT2D eigenvalue weighted by Gasteiger charge is 2.28. The zero-order chi connectivity index (χ0) is 16.1. The third-order valence-electron chi connectivity index (χ3n) is 4.98. The largest absolute Gasteiger partial charge is 0.396 e. The lowest BCUT2D eigenvalue weighted by molar-refractivity contribution is 0.0568. The summed E-state index contributed by atoms with van der Waals surface area (Å²) in [6, 6.07) is 5.92. The van der Waals surface area contributed by atoms with E-state index in [2.05, 4.69) is 9.88 Å². The van der Waals surface area contributed by atoms with Gasteiger partial charge in [-0.05, 0) is 57.1 Å². The lowest BCUT2D eigenvalue weighted by atomic mass is 9.99. The number of aromatic nitrogens is 1. The van der Waals surface area contributed by atoms with Crippen molar-refractivity contribution in [3.05, 3.63) is 23.9 Å². The van der Waals surface area contributed by atoms with Gasteiger partial charge in [0, 0.05) is 32.3 Å². The Bertz CT molecular complexity index is 527. The third-order valence-corrected chi connectivity index (χ3v) is 4.98. The second-order valence-corrected chi connectivity index (χ2v) is 6.59. The second-order valence-electron chi connectivity index (χ2n) is 6.59. The maximum Gasteiger partial charge on any atom is 0.272 e.